The van der Waals surface area contributed by atoms with Crippen molar-refractivity contribution in [3.05, 3.63) is 95.1 Å². The molecule has 0 aliphatic heterocycles. The van der Waals surface area contributed by atoms with Gasteiger partial charge in [-0.15, -0.1) is 0 Å². The third-order valence-corrected chi connectivity index (χ3v) is 4.74. The number of methoxy groups -OCH3 is 1. The highest BCUT2D eigenvalue weighted by Gasteiger charge is 2.21. The van der Waals surface area contributed by atoms with E-state index in [-0.39, 0.29) is 5.56 Å². The Bertz CT molecular complexity index is 1050. The van der Waals surface area contributed by atoms with Gasteiger partial charge < -0.3 is 14.7 Å². The van der Waals surface area contributed by atoms with Gasteiger partial charge in [0.05, 0.1) is 18.4 Å². The molecular formula is C25H25NO3. The fraction of sp³-hybridized carbons (Fsp3) is 0.160. The summed E-state index contributed by atoms with van der Waals surface area (Å²) < 4.78 is 5.37. The van der Waals surface area contributed by atoms with Crippen LogP contribution in [-0.4, -0.2) is 18.2 Å². The topological polar surface area (TPSA) is 49.8 Å². The number of ether oxygens (including phenoxy) is 1. The lowest BCUT2D eigenvalue weighted by Crippen LogP contribution is -2.18. The largest absolute Gasteiger partial charge is 0.497 e. The number of hydrogen-bond donors (Lipinski definition) is 1. The highest BCUT2D eigenvalue weighted by Crippen LogP contribution is 2.39. The van der Waals surface area contributed by atoms with Crippen LogP contribution in [0.4, 0.5) is 11.4 Å². The predicted octanol–water partition coefficient (Wildman–Crippen LogP) is 6.29. The van der Waals surface area contributed by atoms with Crippen LogP contribution in [0.3, 0.4) is 0 Å². The van der Waals surface area contributed by atoms with E-state index in [9.17, 15) is 9.90 Å². The minimum absolute atomic E-state index is 0.250. The molecule has 0 amide bonds. The van der Waals surface area contributed by atoms with Crippen molar-refractivity contribution < 1.29 is 14.6 Å². The third kappa shape index (κ3) is 4.32. The van der Waals surface area contributed by atoms with Crippen molar-refractivity contribution in [2.24, 2.45) is 0 Å². The number of benzene rings is 3. The fourth-order valence-electron chi connectivity index (χ4n) is 3.41. The zero-order valence-electron chi connectivity index (χ0n) is 17.1. The smallest absolute Gasteiger partial charge is 0.335 e. The molecule has 0 bridgehead atoms. The van der Waals surface area contributed by atoms with Crippen LogP contribution < -0.4 is 9.64 Å². The van der Waals surface area contributed by atoms with E-state index in [1.807, 2.05) is 49.4 Å². The van der Waals surface area contributed by atoms with E-state index in [2.05, 4.69) is 30.9 Å². The zero-order valence-corrected chi connectivity index (χ0v) is 17.1. The van der Waals surface area contributed by atoms with Crippen molar-refractivity contribution in [3.63, 3.8) is 0 Å². The molecule has 0 heterocycles. The fourth-order valence-corrected chi connectivity index (χ4v) is 3.41. The number of anilines is 2. The van der Waals surface area contributed by atoms with Gasteiger partial charge in [0.1, 0.15) is 5.75 Å². The van der Waals surface area contributed by atoms with Crippen molar-refractivity contribution in [2.75, 3.05) is 12.0 Å². The van der Waals surface area contributed by atoms with Gasteiger partial charge >= 0.3 is 5.97 Å². The van der Waals surface area contributed by atoms with Crippen molar-refractivity contribution in [1.29, 1.82) is 0 Å². The average molecular weight is 387 g/mol. The molecule has 1 N–H and O–H groups in total. The molecular weight excluding hydrogens is 362 g/mol. The Labute approximate surface area is 171 Å². The maximum atomic E-state index is 11.6. The second-order valence-electron chi connectivity index (χ2n) is 7.06. The molecule has 29 heavy (non-hydrogen) atoms. The summed E-state index contributed by atoms with van der Waals surface area (Å²) >= 11 is 0. The van der Waals surface area contributed by atoms with Gasteiger partial charge in [-0.1, -0.05) is 42.0 Å². The maximum absolute atomic E-state index is 11.6. The monoisotopic (exact) mass is 387 g/mol. The summed E-state index contributed by atoms with van der Waals surface area (Å²) in [6, 6.07) is 23.1. The van der Waals surface area contributed by atoms with E-state index in [1.165, 1.54) is 0 Å². The lowest BCUT2D eigenvalue weighted by Gasteiger charge is -2.31. The average Bonchev–Trinajstić information content (AvgIpc) is 2.72. The van der Waals surface area contributed by atoms with Crippen LogP contribution in [0.15, 0.2) is 78.4 Å². The summed E-state index contributed by atoms with van der Waals surface area (Å²) in [6.45, 7) is 6.16. The number of carboxylic acids is 1. The van der Waals surface area contributed by atoms with Crippen LogP contribution in [0.25, 0.3) is 5.70 Å². The highest BCUT2D eigenvalue weighted by molar-refractivity contribution is 5.94. The van der Waals surface area contributed by atoms with E-state index >= 15 is 0 Å². The molecule has 0 aromatic heterocycles. The quantitative estimate of drug-likeness (QED) is 0.540. The van der Waals surface area contributed by atoms with E-state index in [0.29, 0.717) is 0 Å². The lowest BCUT2D eigenvalue weighted by atomic mass is 10.0. The summed E-state index contributed by atoms with van der Waals surface area (Å²) in [5, 5.41) is 9.50. The Morgan fingerprint density at radius 2 is 1.59 bits per heavy atom. The summed E-state index contributed by atoms with van der Waals surface area (Å²) in [6.07, 6.45) is 0. The Morgan fingerprint density at radius 1 is 0.897 bits per heavy atom. The number of rotatable bonds is 6. The summed E-state index contributed by atoms with van der Waals surface area (Å²) in [5.41, 5.74) is 6.23. The molecule has 3 aromatic carbocycles. The Balaban J connectivity index is 2.28. The molecule has 0 radical (unpaired) electrons. The molecule has 0 fully saturated rings. The van der Waals surface area contributed by atoms with Crippen LogP contribution in [0.1, 0.15) is 35.3 Å². The number of allylic oxidation sites excluding steroid dienone is 1. The number of hydrogen-bond acceptors (Lipinski definition) is 3. The summed E-state index contributed by atoms with van der Waals surface area (Å²) in [4.78, 5) is 13.7. The molecule has 0 aliphatic carbocycles. The van der Waals surface area contributed by atoms with E-state index in [0.717, 1.165) is 39.5 Å². The number of carbonyl (C=O) groups is 1. The molecule has 4 nitrogen and oxygen atoms in total. The molecule has 3 rings (SSSR count). The van der Waals surface area contributed by atoms with Crippen molar-refractivity contribution in [2.45, 2.75) is 20.8 Å². The molecule has 3 aromatic rings. The van der Waals surface area contributed by atoms with Crippen molar-refractivity contribution in [3.8, 4) is 5.75 Å². The van der Waals surface area contributed by atoms with Crippen LogP contribution in [0.5, 0.6) is 5.75 Å². The van der Waals surface area contributed by atoms with Crippen LogP contribution in [0, 0.1) is 6.92 Å². The van der Waals surface area contributed by atoms with E-state index in [4.69, 9.17) is 4.74 Å². The van der Waals surface area contributed by atoms with Gasteiger partial charge in [-0.25, -0.2) is 4.79 Å². The second kappa shape index (κ2) is 8.65. The molecule has 0 saturated heterocycles. The van der Waals surface area contributed by atoms with Crippen LogP contribution in [-0.2, 0) is 0 Å². The lowest BCUT2D eigenvalue weighted by molar-refractivity contribution is 0.0697. The van der Waals surface area contributed by atoms with Gasteiger partial charge in [-0.3, -0.25) is 0 Å². The van der Waals surface area contributed by atoms with E-state index in [1.54, 1.807) is 25.3 Å². The van der Waals surface area contributed by atoms with Crippen LogP contribution >= 0.6 is 0 Å². The molecule has 0 atom stereocenters. The van der Waals surface area contributed by atoms with E-state index < -0.39 is 5.97 Å². The molecule has 4 heteroatoms. The first-order valence-electron chi connectivity index (χ1n) is 9.43. The van der Waals surface area contributed by atoms with Gasteiger partial charge in [0.15, 0.2) is 0 Å². The number of nitrogens with zero attached hydrogens (tertiary/aromatic N) is 1. The van der Waals surface area contributed by atoms with Gasteiger partial charge in [-0.2, -0.15) is 0 Å². The first kappa shape index (κ1) is 20.2. The van der Waals surface area contributed by atoms with Crippen LogP contribution in [0.2, 0.25) is 0 Å². The Hall–Kier alpha value is -3.53. The molecule has 0 saturated carbocycles. The minimum Gasteiger partial charge on any atom is -0.497 e. The first-order valence-corrected chi connectivity index (χ1v) is 9.43. The maximum Gasteiger partial charge on any atom is 0.335 e. The first-order chi connectivity index (χ1) is 13.9. The highest BCUT2D eigenvalue weighted by atomic mass is 16.5. The second-order valence-corrected chi connectivity index (χ2v) is 7.06. The zero-order chi connectivity index (χ0) is 21.0. The van der Waals surface area contributed by atoms with Gasteiger partial charge in [0.2, 0.25) is 0 Å². The number of aryl methyl sites for hydroxylation is 1. The standard InChI is InChI=1S/C25H25NO3/c1-17(2)24(19-9-6-5-7-10-19)26(21-12-8-11-20(16-21)25(27)28)23-14-13-22(29-4)15-18(23)3/h5-16H,1-4H3,(H,27,28). The summed E-state index contributed by atoms with van der Waals surface area (Å²) in [5.74, 6) is -0.166. The van der Waals surface area contributed by atoms with Gasteiger partial charge in [-0.05, 0) is 68.3 Å². The minimum atomic E-state index is -0.947. The SMILES string of the molecule is COc1ccc(N(C(=C(C)C)c2ccccc2)c2cccc(C(=O)O)c2)c(C)c1. The Morgan fingerprint density at radius 3 is 2.17 bits per heavy atom. The van der Waals surface area contributed by atoms with Crippen molar-refractivity contribution >= 4 is 23.0 Å². The Kier molecular flexibility index (Phi) is 6.03. The number of aromatic carboxylic acids is 1. The molecule has 0 spiro atoms. The predicted molar refractivity (Wildman–Crippen MR) is 118 cm³/mol. The molecule has 0 unspecified atom stereocenters. The molecule has 148 valence electrons. The molecule has 0 aliphatic rings. The summed E-state index contributed by atoms with van der Waals surface area (Å²) in [7, 11) is 1.65. The van der Waals surface area contributed by atoms with Gasteiger partial charge in [0.25, 0.3) is 0 Å². The number of carboxylic acid groups (broad SMARTS) is 1. The van der Waals surface area contributed by atoms with Crippen molar-refractivity contribution in [1.82, 2.24) is 0 Å². The normalized spacial score (nSPS) is 10.3. The van der Waals surface area contributed by atoms with Gasteiger partial charge in [0, 0.05) is 11.4 Å². The third-order valence-electron chi connectivity index (χ3n) is 4.74.